The van der Waals surface area contributed by atoms with Crippen LogP contribution in [0.2, 0.25) is 0 Å². The molecule has 1 aromatic heterocycles. The third-order valence-corrected chi connectivity index (χ3v) is 8.44. The van der Waals surface area contributed by atoms with Crippen molar-refractivity contribution < 1.29 is 50.2 Å². The summed E-state index contributed by atoms with van der Waals surface area (Å²) in [6.45, 7) is 7.74. The number of benzene rings is 2. The zero-order chi connectivity index (χ0) is 37.5. The number of rotatable bonds is 18. The predicted molar refractivity (Wildman–Crippen MR) is 176 cm³/mol. The SMILES string of the molecule is CCCC(CCC)N(CCNCCc1ccc(O)c2[nH]c(=O)sc12)C(=O)CCNCCc1ccc(F)cc1.O=C(C(=O)C(F)(F)F)C(F)(F)F. The maximum Gasteiger partial charge on any atom is 0.458 e. The van der Waals surface area contributed by atoms with Gasteiger partial charge >= 0.3 is 28.8 Å². The molecule has 0 aliphatic carbocycles. The minimum absolute atomic E-state index is 0.0899. The smallest absolute Gasteiger partial charge is 0.458 e. The van der Waals surface area contributed by atoms with Crippen LogP contribution in [-0.4, -0.2) is 83.6 Å². The van der Waals surface area contributed by atoms with Crippen LogP contribution in [0.3, 0.4) is 0 Å². The zero-order valence-corrected chi connectivity index (χ0v) is 28.4. The van der Waals surface area contributed by atoms with Gasteiger partial charge in [-0.3, -0.25) is 19.2 Å². The Labute approximate surface area is 288 Å². The number of aromatic nitrogens is 1. The Morgan fingerprint density at radius 3 is 1.96 bits per heavy atom. The van der Waals surface area contributed by atoms with Gasteiger partial charge in [-0.2, -0.15) is 26.3 Å². The molecule has 3 aromatic rings. The molecule has 0 fully saturated rings. The maximum atomic E-state index is 13.2. The van der Waals surface area contributed by atoms with Gasteiger partial charge in [0, 0.05) is 32.1 Å². The van der Waals surface area contributed by atoms with E-state index in [9.17, 15) is 55.0 Å². The summed E-state index contributed by atoms with van der Waals surface area (Å²) in [5.41, 5.74) is 2.59. The largest absolute Gasteiger partial charge is 0.506 e. The van der Waals surface area contributed by atoms with Gasteiger partial charge in [0.2, 0.25) is 5.91 Å². The highest BCUT2D eigenvalue weighted by Crippen LogP contribution is 2.28. The number of fused-ring (bicyclic) bond motifs is 1. The van der Waals surface area contributed by atoms with Crippen molar-refractivity contribution in [3.63, 3.8) is 0 Å². The summed E-state index contributed by atoms with van der Waals surface area (Å²) in [4.78, 5) is 48.8. The van der Waals surface area contributed by atoms with Gasteiger partial charge in [-0.25, -0.2) is 4.39 Å². The van der Waals surface area contributed by atoms with Crippen molar-refractivity contribution in [1.29, 1.82) is 0 Å². The maximum absolute atomic E-state index is 13.2. The van der Waals surface area contributed by atoms with Crippen molar-refractivity contribution in [1.82, 2.24) is 20.5 Å². The normalized spacial score (nSPS) is 11.8. The highest BCUT2D eigenvalue weighted by Gasteiger charge is 2.54. The van der Waals surface area contributed by atoms with Crippen LogP contribution >= 0.6 is 11.3 Å². The van der Waals surface area contributed by atoms with E-state index < -0.39 is 23.9 Å². The van der Waals surface area contributed by atoms with E-state index >= 15 is 0 Å². The van der Waals surface area contributed by atoms with Gasteiger partial charge in [0.25, 0.3) is 0 Å². The number of carbonyl (C=O) groups is 3. The van der Waals surface area contributed by atoms with Crippen molar-refractivity contribution in [2.24, 2.45) is 0 Å². The van der Waals surface area contributed by atoms with Crippen LogP contribution < -0.4 is 15.5 Å². The molecular formula is C33H41F7N4O5S. The van der Waals surface area contributed by atoms with Crippen LogP contribution in [-0.2, 0) is 27.2 Å². The predicted octanol–water partition coefficient (Wildman–Crippen LogP) is 5.84. The van der Waals surface area contributed by atoms with E-state index in [1.165, 1.54) is 12.1 Å². The molecule has 0 saturated carbocycles. The second kappa shape index (κ2) is 20.1. The summed E-state index contributed by atoms with van der Waals surface area (Å²) < 4.78 is 80.8. The lowest BCUT2D eigenvalue weighted by molar-refractivity contribution is -0.193. The van der Waals surface area contributed by atoms with E-state index in [1.807, 2.05) is 6.07 Å². The molecule has 0 saturated heterocycles. The summed E-state index contributed by atoms with van der Waals surface area (Å²) in [5.74, 6) is -6.78. The Morgan fingerprint density at radius 1 is 0.840 bits per heavy atom. The lowest BCUT2D eigenvalue weighted by atomic mass is 10.0. The molecule has 0 aliphatic heterocycles. The van der Waals surface area contributed by atoms with Crippen molar-refractivity contribution in [2.45, 2.75) is 77.2 Å². The number of aromatic amines is 1. The van der Waals surface area contributed by atoms with Crippen molar-refractivity contribution >= 4 is 39.0 Å². The number of aromatic hydroxyl groups is 1. The number of hydrogen-bond acceptors (Lipinski definition) is 8. The number of nitrogens with zero attached hydrogens (tertiary/aromatic N) is 1. The molecule has 0 unspecified atom stereocenters. The number of phenols is 1. The molecule has 4 N–H and O–H groups in total. The van der Waals surface area contributed by atoms with E-state index in [0.29, 0.717) is 38.1 Å². The third-order valence-electron chi connectivity index (χ3n) is 7.49. The summed E-state index contributed by atoms with van der Waals surface area (Å²) in [6.07, 6.45) is -5.51. The molecule has 9 nitrogen and oxygen atoms in total. The molecule has 0 radical (unpaired) electrons. The third kappa shape index (κ3) is 13.8. The molecule has 3 rings (SSSR count). The summed E-state index contributed by atoms with van der Waals surface area (Å²) in [6, 6.07) is 10.3. The number of alkyl halides is 6. The molecule has 50 heavy (non-hydrogen) atoms. The van der Waals surface area contributed by atoms with Gasteiger partial charge in [-0.1, -0.05) is 56.2 Å². The summed E-state index contributed by atoms with van der Waals surface area (Å²) in [7, 11) is 0. The van der Waals surface area contributed by atoms with Gasteiger partial charge in [0.1, 0.15) is 17.1 Å². The van der Waals surface area contributed by atoms with Crippen LogP contribution in [0.15, 0.2) is 41.2 Å². The second-order valence-electron chi connectivity index (χ2n) is 11.3. The first-order valence-corrected chi connectivity index (χ1v) is 16.8. The Balaban J connectivity index is 0.000000616. The minimum atomic E-state index is -5.77. The van der Waals surface area contributed by atoms with Crippen molar-refractivity contribution in [3.05, 3.63) is 63.0 Å². The van der Waals surface area contributed by atoms with E-state index in [0.717, 1.165) is 72.2 Å². The van der Waals surface area contributed by atoms with E-state index in [1.54, 1.807) is 18.2 Å². The first-order chi connectivity index (χ1) is 23.5. The Hall–Kier alpha value is -3.83. The zero-order valence-electron chi connectivity index (χ0n) is 27.6. The van der Waals surface area contributed by atoms with E-state index in [4.69, 9.17) is 0 Å². The van der Waals surface area contributed by atoms with E-state index in [-0.39, 0.29) is 28.4 Å². The molecule has 0 spiro atoms. The fourth-order valence-corrected chi connectivity index (χ4v) is 5.95. The molecule has 17 heteroatoms. The average molecular weight is 739 g/mol. The molecule has 0 aliphatic rings. The number of Topliss-reactive ketones (excluding diaryl/α,β-unsaturated/α-hetero) is 2. The first-order valence-electron chi connectivity index (χ1n) is 16.0. The molecule has 278 valence electrons. The van der Waals surface area contributed by atoms with Crippen LogP contribution in [0.5, 0.6) is 5.75 Å². The quantitative estimate of drug-likeness (QED) is 0.0734. The molecule has 0 atom stereocenters. The number of H-pyrrole nitrogens is 1. The van der Waals surface area contributed by atoms with Gasteiger partial charge in [-0.15, -0.1) is 0 Å². The first kappa shape index (κ1) is 42.3. The van der Waals surface area contributed by atoms with Gasteiger partial charge in [0.05, 0.1) is 4.70 Å². The monoisotopic (exact) mass is 738 g/mol. The number of amides is 1. The van der Waals surface area contributed by atoms with Gasteiger partial charge in [-0.05, 0) is 68.1 Å². The minimum Gasteiger partial charge on any atom is -0.506 e. The summed E-state index contributed by atoms with van der Waals surface area (Å²) >= 11 is 1.12. The van der Waals surface area contributed by atoms with E-state index in [2.05, 4.69) is 34.4 Å². The van der Waals surface area contributed by atoms with Gasteiger partial charge < -0.3 is 25.6 Å². The number of thiazole rings is 1. The Kier molecular flexibility index (Phi) is 17.0. The molecular weight excluding hydrogens is 697 g/mol. The Bertz CT molecular complexity index is 1560. The van der Waals surface area contributed by atoms with Crippen LogP contribution in [0.1, 0.15) is 57.1 Å². The van der Waals surface area contributed by atoms with Crippen molar-refractivity contribution in [2.75, 3.05) is 32.7 Å². The van der Waals surface area contributed by atoms with Gasteiger partial charge in [0.15, 0.2) is 0 Å². The van der Waals surface area contributed by atoms with Crippen molar-refractivity contribution in [3.8, 4) is 5.75 Å². The van der Waals surface area contributed by atoms with Crippen LogP contribution in [0.25, 0.3) is 10.2 Å². The van der Waals surface area contributed by atoms with Crippen LogP contribution in [0.4, 0.5) is 30.7 Å². The molecule has 0 bridgehead atoms. The standard InChI is InChI=1S/C29H41FN4O3S.C4F6O2/c1-3-5-24(6-4-2)34(26(36)15-18-31-16-13-21-7-10-23(30)11-8-21)20-19-32-17-14-22-9-12-25(35)27-28(22)38-29(37)33-27;5-3(6,7)1(11)2(12)4(8,9)10/h7-12,24,31-32,35H,3-6,13-20H2,1-2H3,(H,33,37);. The lowest BCUT2D eigenvalue weighted by Crippen LogP contribution is -2.45. The number of ketones is 2. The molecule has 1 heterocycles. The number of hydrogen-bond donors (Lipinski definition) is 4. The fraction of sp³-hybridized carbons (Fsp3) is 0.515. The fourth-order valence-electron chi connectivity index (χ4n) is 5.06. The Morgan fingerprint density at radius 2 is 1.40 bits per heavy atom. The number of nitrogens with one attached hydrogen (secondary N) is 3. The average Bonchev–Trinajstić information content (AvgIpc) is 3.45. The second-order valence-corrected chi connectivity index (χ2v) is 12.3. The number of phenolic OH excluding ortho intramolecular Hbond substituents is 1. The topological polar surface area (TPSA) is 132 Å². The lowest BCUT2D eigenvalue weighted by Gasteiger charge is -2.32. The molecule has 2 aromatic carbocycles. The highest BCUT2D eigenvalue weighted by atomic mass is 32.1. The van der Waals surface area contributed by atoms with Crippen LogP contribution in [0, 0.1) is 5.82 Å². The summed E-state index contributed by atoms with van der Waals surface area (Å²) in [5, 5.41) is 16.8. The molecule has 1 amide bonds. The number of halogens is 7. The number of carbonyl (C=O) groups excluding carboxylic acids is 3. The highest BCUT2D eigenvalue weighted by molar-refractivity contribution is 7.16.